The Labute approximate surface area is 128 Å². The van der Waals surface area contributed by atoms with Crippen LogP contribution in [0.1, 0.15) is 37.7 Å². The van der Waals surface area contributed by atoms with E-state index in [4.69, 9.17) is 16.3 Å². The SMILES string of the molecule is OC(CCC1CCCCO1)Cc1ccc(Br)cc1Cl. The minimum Gasteiger partial charge on any atom is -0.393 e. The van der Waals surface area contributed by atoms with E-state index in [2.05, 4.69) is 15.9 Å². The van der Waals surface area contributed by atoms with Gasteiger partial charge in [-0.15, -0.1) is 0 Å². The molecule has 4 heteroatoms. The van der Waals surface area contributed by atoms with Crippen LogP contribution in [0.4, 0.5) is 0 Å². The van der Waals surface area contributed by atoms with Crippen LogP contribution in [0.2, 0.25) is 5.02 Å². The summed E-state index contributed by atoms with van der Waals surface area (Å²) in [7, 11) is 0. The molecule has 19 heavy (non-hydrogen) atoms. The summed E-state index contributed by atoms with van der Waals surface area (Å²) in [6, 6.07) is 5.79. The summed E-state index contributed by atoms with van der Waals surface area (Å²) < 4.78 is 6.64. The Bertz CT molecular complexity index is 405. The summed E-state index contributed by atoms with van der Waals surface area (Å²) in [5.74, 6) is 0. The molecule has 0 aliphatic carbocycles. The van der Waals surface area contributed by atoms with E-state index >= 15 is 0 Å². The normalized spacial score (nSPS) is 21.3. The van der Waals surface area contributed by atoms with Gasteiger partial charge in [-0.1, -0.05) is 33.6 Å². The van der Waals surface area contributed by atoms with Crippen molar-refractivity contribution in [2.24, 2.45) is 0 Å². The fraction of sp³-hybridized carbons (Fsp3) is 0.600. The smallest absolute Gasteiger partial charge is 0.0582 e. The molecule has 0 bridgehead atoms. The Kier molecular flexibility index (Phi) is 6.14. The minimum absolute atomic E-state index is 0.337. The Morgan fingerprint density at radius 3 is 2.95 bits per heavy atom. The van der Waals surface area contributed by atoms with Crippen LogP contribution in [0.15, 0.2) is 22.7 Å². The zero-order chi connectivity index (χ0) is 13.7. The fourth-order valence-corrected chi connectivity index (χ4v) is 3.21. The lowest BCUT2D eigenvalue weighted by molar-refractivity contribution is 0.00234. The molecule has 0 spiro atoms. The summed E-state index contributed by atoms with van der Waals surface area (Å²) in [6.45, 7) is 0.874. The molecule has 2 atom stereocenters. The summed E-state index contributed by atoms with van der Waals surface area (Å²) >= 11 is 9.54. The van der Waals surface area contributed by atoms with Crippen molar-refractivity contribution in [3.8, 4) is 0 Å². The van der Waals surface area contributed by atoms with Crippen molar-refractivity contribution in [2.75, 3.05) is 6.61 Å². The molecule has 1 saturated heterocycles. The number of aliphatic hydroxyl groups is 1. The Hall–Kier alpha value is -0.0900. The molecule has 1 aliphatic heterocycles. The molecule has 2 nitrogen and oxygen atoms in total. The molecule has 0 radical (unpaired) electrons. The maximum absolute atomic E-state index is 10.1. The van der Waals surface area contributed by atoms with E-state index in [1.807, 2.05) is 18.2 Å². The van der Waals surface area contributed by atoms with Crippen molar-refractivity contribution >= 4 is 27.5 Å². The molecule has 1 N–H and O–H groups in total. The lowest BCUT2D eigenvalue weighted by Gasteiger charge is -2.23. The van der Waals surface area contributed by atoms with E-state index in [0.717, 1.165) is 35.9 Å². The van der Waals surface area contributed by atoms with Crippen molar-refractivity contribution < 1.29 is 9.84 Å². The highest BCUT2D eigenvalue weighted by molar-refractivity contribution is 9.10. The molecule has 0 amide bonds. The van der Waals surface area contributed by atoms with Gasteiger partial charge < -0.3 is 9.84 Å². The molecule has 1 aromatic rings. The second-order valence-electron chi connectivity index (χ2n) is 5.16. The monoisotopic (exact) mass is 346 g/mol. The van der Waals surface area contributed by atoms with Crippen LogP contribution in [0, 0.1) is 0 Å². The predicted octanol–water partition coefficient (Wildman–Crippen LogP) is 4.36. The molecule has 1 heterocycles. The van der Waals surface area contributed by atoms with Gasteiger partial charge in [0, 0.05) is 16.1 Å². The van der Waals surface area contributed by atoms with E-state index in [1.165, 1.54) is 12.8 Å². The molecule has 1 fully saturated rings. The van der Waals surface area contributed by atoms with E-state index in [-0.39, 0.29) is 6.10 Å². The first kappa shape index (κ1) is 15.3. The van der Waals surface area contributed by atoms with Crippen molar-refractivity contribution in [2.45, 2.75) is 50.7 Å². The number of ether oxygens (including phenoxy) is 1. The maximum atomic E-state index is 10.1. The fourth-order valence-electron chi connectivity index (χ4n) is 2.46. The topological polar surface area (TPSA) is 29.5 Å². The molecule has 0 aromatic heterocycles. The summed E-state index contributed by atoms with van der Waals surface area (Å²) in [5.41, 5.74) is 1.00. The first-order valence-electron chi connectivity index (χ1n) is 6.89. The maximum Gasteiger partial charge on any atom is 0.0582 e. The standard InChI is InChI=1S/C15H20BrClO2/c16-12-5-4-11(15(17)10-12)9-13(18)6-7-14-3-1-2-8-19-14/h4-5,10,13-14,18H,1-3,6-9H2. The molecule has 0 saturated carbocycles. The molecule has 1 aliphatic rings. The third-order valence-corrected chi connectivity index (χ3v) is 4.41. The van der Waals surface area contributed by atoms with Crippen molar-refractivity contribution in [3.05, 3.63) is 33.3 Å². The van der Waals surface area contributed by atoms with Gasteiger partial charge in [0.25, 0.3) is 0 Å². The van der Waals surface area contributed by atoms with Crippen LogP contribution in [0.3, 0.4) is 0 Å². The minimum atomic E-state index is -0.343. The van der Waals surface area contributed by atoms with Gasteiger partial charge in [0.2, 0.25) is 0 Å². The summed E-state index contributed by atoms with van der Waals surface area (Å²) in [4.78, 5) is 0. The average molecular weight is 348 g/mol. The summed E-state index contributed by atoms with van der Waals surface area (Å²) in [5, 5.41) is 10.8. The van der Waals surface area contributed by atoms with Gasteiger partial charge in [-0.05, 0) is 56.2 Å². The van der Waals surface area contributed by atoms with Gasteiger partial charge in [0.15, 0.2) is 0 Å². The van der Waals surface area contributed by atoms with E-state index in [9.17, 15) is 5.11 Å². The van der Waals surface area contributed by atoms with Gasteiger partial charge in [0.1, 0.15) is 0 Å². The predicted molar refractivity (Wildman–Crippen MR) is 81.7 cm³/mol. The van der Waals surface area contributed by atoms with Crippen molar-refractivity contribution in [1.29, 1.82) is 0 Å². The van der Waals surface area contributed by atoms with E-state index < -0.39 is 0 Å². The Morgan fingerprint density at radius 2 is 2.26 bits per heavy atom. The molecular weight excluding hydrogens is 328 g/mol. The molecule has 1 aromatic carbocycles. The lowest BCUT2D eigenvalue weighted by Crippen LogP contribution is -2.21. The lowest BCUT2D eigenvalue weighted by atomic mass is 9.99. The van der Waals surface area contributed by atoms with Gasteiger partial charge in [-0.3, -0.25) is 0 Å². The average Bonchev–Trinajstić information content (AvgIpc) is 2.41. The quantitative estimate of drug-likeness (QED) is 0.858. The van der Waals surface area contributed by atoms with Gasteiger partial charge in [0.05, 0.1) is 12.2 Å². The van der Waals surface area contributed by atoms with Crippen LogP contribution >= 0.6 is 27.5 Å². The van der Waals surface area contributed by atoms with E-state index in [0.29, 0.717) is 17.5 Å². The molecule has 2 unspecified atom stereocenters. The zero-order valence-corrected chi connectivity index (χ0v) is 13.3. The second kappa shape index (κ2) is 7.63. The number of halogens is 2. The highest BCUT2D eigenvalue weighted by Gasteiger charge is 2.16. The van der Waals surface area contributed by atoms with E-state index in [1.54, 1.807) is 0 Å². The largest absolute Gasteiger partial charge is 0.393 e. The zero-order valence-electron chi connectivity index (χ0n) is 10.9. The third kappa shape index (κ3) is 5.07. The highest BCUT2D eigenvalue weighted by Crippen LogP contribution is 2.24. The van der Waals surface area contributed by atoms with Crippen molar-refractivity contribution in [1.82, 2.24) is 0 Å². The Balaban J connectivity index is 1.78. The number of rotatable bonds is 5. The number of aliphatic hydroxyl groups excluding tert-OH is 1. The van der Waals surface area contributed by atoms with Crippen LogP contribution < -0.4 is 0 Å². The van der Waals surface area contributed by atoms with Crippen LogP contribution in [0.5, 0.6) is 0 Å². The number of hydrogen-bond donors (Lipinski definition) is 1. The molecule has 106 valence electrons. The van der Waals surface area contributed by atoms with Gasteiger partial charge >= 0.3 is 0 Å². The van der Waals surface area contributed by atoms with Crippen LogP contribution in [-0.4, -0.2) is 23.9 Å². The molecular formula is C15H20BrClO2. The third-order valence-electron chi connectivity index (χ3n) is 3.57. The van der Waals surface area contributed by atoms with Gasteiger partial charge in [-0.2, -0.15) is 0 Å². The number of hydrogen-bond acceptors (Lipinski definition) is 2. The highest BCUT2D eigenvalue weighted by atomic mass is 79.9. The Morgan fingerprint density at radius 1 is 1.42 bits per heavy atom. The van der Waals surface area contributed by atoms with Gasteiger partial charge in [-0.25, -0.2) is 0 Å². The van der Waals surface area contributed by atoms with Crippen LogP contribution in [-0.2, 0) is 11.2 Å². The second-order valence-corrected chi connectivity index (χ2v) is 6.48. The first-order valence-corrected chi connectivity index (χ1v) is 8.06. The summed E-state index contributed by atoms with van der Waals surface area (Å²) in [6.07, 6.45) is 5.87. The molecule has 2 rings (SSSR count). The first-order chi connectivity index (χ1) is 9.15. The van der Waals surface area contributed by atoms with Crippen molar-refractivity contribution in [3.63, 3.8) is 0 Å². The van der Waals surface area contributed by atoms with Crippen LogP contribution in [0.25, 0.3) is 0 Å². The number of benzene rings is 1.